The van der Waals surface area contributed by atoms with E-state index >= 15 is 0 Å². The van der Waals surface area contributed by atoms with E-state index in [9.17, 15) is 8.42 Å². The second-order valence-electron chi connectivity index (χ2n) is 5.54. The number of sulfonamides is 1. The van der Waals surface area contributed by atoms with Crippen LogP contribution in [-0.2, 0) is 16.4 Å². The molecule has 1 N–H and O–H groups in total. The fourth-order valence-electron chi connectivity index (χ4n) is 2.29. The highest BCUT2D eigenvalue weighted by Crippen LogP contribution is 2.34. The zero-order valence-electron chi connectivity index (χ0n) is 13.7. The third-order valence-corrected chi connectivity index (χ3v) is 7.60. The maximum Gasteiger partial charge on any atom is 0.271 e. The summed E-state index contributed by atoms with van der Waals surface area (Å²) in [6.07, 6.45) is 0.876. The van der Waals surface area contributed by atoms with Crippen molar-refractivity contribution in [1.29, 1.82) is 0 Å². The summed E-state index contributed by atoms with van der Waals surface area (Å²) < 4.78 is 28.2. The highest BCUT2D eigenvalue weighted by molar-refractivity contribution is 7.94. The first-order valence-electron chi connectivity index (χ1n) is 7.53. The monoisotopic (exact) mass is 378 g/mol. The Morgan fingerprint density at radius 1 is 1.17 bits per heavy atom. The summed E-state index contributed by atoms with van der Waals surface area (Å²) in [5.41, 5.74) is 3.64. The molecule has 2 heterocycles. The van der Waals surface area contributed by atoms with Gasteiger partial charge in [0.1, 0.15) is 9.22 Å². The van der Waals surface area contributed by atoms with Crippen molar-refractivity contribution in [2.75, 3.05) is 4.72 Å². The van der Waals surface area contributed by atoms with Crippen molar-refractivity contribution in [3.63, 3.8) is 0 Å². The van der Waals surface area contributed by atoms with Crippen molar-refractivity contribution in [2.24, 2.45) is 0 Å². The molecule has 4 nitrogen and oxygen atoms in total. The summed E-state index contributed by atoms with van der Waals surface area (Å²) in [7, 11) is -3.59. The summed E-state index contributed by atoms with van der Waals surface area (Å²) >= 11 is 2.79. The number of rotatable bonds is 5. The minimum absolute atomic E-state index is 0.297. The molecule has 24 heavy (non-hydrogen) atoms. The quantitative estimate of drug-likeness (QED) is 0.690. The van der Waals surface area contributed by atoms with Crippen LogP contribution in [0.5, 0.6) is 0 Å². The van der Waals surface area contributed by atoms with Gasteiger partial charge in [-0.25, -0.2) is 13.4 Å². The molecule has 3 rings (SSSR count). The van der Waals surface area contributed by atoms with Gasteiger partial charge in [-0.1, -0.05) is 24.6 Å². The van der Waals surface area contributed by atoms with Gasteiger partial charge in [0.15, 0.2) is 0 Å². The van der Waals surface area contributed by atoms with Crippen LogP contribution >= 0.6 is 22.7 Å². The molecule has 0 unspecified atom stereocenters. The predicted molar refractivity (Wildman–Crippen MR) is 102 cm³/mol. The SMILES string of the molecule is CCc1csc(-c2ccc(S(=O)(=O)Nc3ccc(C)cc3C)s2)n1. The minimum Gasteiger partial charge on any atom is -0.279 e. The van der Waals surface area contributed by atoms with E-state index in [1.165, 1.54) is 11.3 Å². The highest BCUT2D eigenvalue weighted by atomic mass is 32.2. The topological polar surface area (TPSA) is 59.1 Å². The highest BCUT2D eigenvalue weighted by Gasteiger charge is 2.19. The van der Waals surface area contributed by atoms with Crippen molar-refractivity contribution in [2.45, 2.75) is 31.4 Å². The normalized spacial score (nSPS) is 11.6. The molecular weight excluding hydrogens is 360 g/mol. The first-order valence-corrected chi connectivity index (χ1v) is 10.7. The molecule has 0 aliphatic rings. The third-order valence-electron chi connectivity index (χ3n) is 3.60. The number of aryl methyl sites for hydroxylation is 3. The molecule has 0 saturated heterocycles. The lowest BCUT2D eigenvalue weighted by atomic mass is 10.1. The van der Waals surface area contributed by atoms with Crippen molar-refractivity contribution >= 4 is 38.4 Å². The second kappa shape index (κ2) is 6.66. The van der Waals surface area contributed by atoms with Crippen LogP contribution in [0.15, 0.2) is 39.9 Å². The van der Waals surface area contributed by atoms with Gasteiger partial charge in [0.2, 0.25) is 0 Å². The zero-order valence-corrected chi connectivity index (χ0v) is 16.1. The van der Waals surface area contributed by atoms with E-state index in [1.807, 2.05) is 37.4 Å². The van der Waals surface area contributed by atoms with Gasteiger partial charge in [0.05, 0.1) is 16.3 Å². The fourth-order valence-corrected chi connectivity index (χ4v) is 5.70. The van der Waals surface area contributed by atoms with Crippen LogP contribution in [0.3, 0.4) is 0 Å². The molecule has 0 fully saturated rings. The Morgan fingerprint density at radius 3 is 2.62 bits per heavy atom. The zero-order chi connectivity index (χ0) is 17.3. The minimum atomic E-state index is -3.59. The van der Waals surface area contributed by atoms with Gasteiger partial charge in [-0.3, -0.25) is 4.72 Å². The number of hydrogen-bond donors (Lipinski definition) is 1. The number of aromatic nitrogens is 1. The Hall–Kier alpha value is -1.70. The second-order valence-corrected chi connectivity index (χ2v) is 9.39. The van der Waals surface area contributed by atoms with E-state index in [2.05, 4.69) is 16.6 Å². The average Bonchev–Trinajstić information content (AvgIpc) is 3.18. The summed E-state index contributed by atoms with van der Waals surface area (Å²) in [5.74, 6) is 0. The number of benzene rings is 1. The third kappa shape index (κ3) is 3.53. The van der Waals surface area contributed by atoms with E-state index in [-0.39, 0.29) is 0 Å². The first kappa shape index (κ1) is 17.1. The van der Waals surface area contributed by atoms with Crippen molar-refractivity contribution in [1.82, 2.24) is 4.98 Å². The van der Waals surface area contributed by atoms with Gasteiger partial charge < -0.3 is 0 Å². The number of thiazole rings is 1. The summed E-state index contributed by atoms with van der Waals surface area (Å²) in [5, 5.41) is 2.88. The number of thiophene rings is 1. The van der Waals surface area contributed by atoms with Crippen LogP contribution in [-0.4, -0.2) is 13.4 Å². The maximum atomic E-state index is 12.6. The van der Waals surface area contributed by atoms with Crippen LogP contribution in [0.1, 0.15) is 23.7 Å². The van der Waals surface area contributed by atoms with Crippen LogP contribution in [0.4, 0.5) is 5.69 Å². The number of anilines is 1. The van der Waals surface area contributed by atoms with Crippen LogP contribution in [0.2, 0.25) is 0 Å². The summed E-state index contributed by atoms with van der Waals surface area (Å²) in [4.78, 5) is 5.39. The van der Waals surface area contributed by atoms with Gasteiger partial charge >= 0.3 is 0 Å². The lowest BCUT2D eigenvalue weighted by molar-refractivity contribution is 0.603. The summed E-state index contributed by atoms with van der Waals surface area (Å²) in [6.45, 7) is 5.93. The van der Waals surface area contributed by atoms with Gasteiger partial charge in [-0.05, 0) is 44.0 Å². The Bertz CT molecular complexity index is 971. The Morgan fingerprint density at radius 2 is 1.96 bits per heavy atom. The molecule has 126 valence electrons. The Kier molecular flexibility index (Phi) is 4.76. The molecule has 0 amide bonds. The molecular formula is C17H18N2O2S3. The van der Waals surface area contributed by atoms with E-state index in [4.69, 9.17) is 0 Å². The first-order chi connectivity index (χ1) is 11.4. The van der Waals surface area contributed by atoms with E-state index < -0.39 is 10.0 Å². The van der Waals surface area contributed by atoms with Gasteiger partial charge in [-0.2, -0.15) is 0 Å². The van der Waals surface area contributed by atoms with Crippen molar-refractivity contribution < 1.29 is 8.42 Å². The van der Waals surface area contributed by atoms with Gasteiger partial charge in [0.25, 0.3) is 10.0 Å². The molecule has 0 radical (unpaired) electrons. The molecule has 7 heteroatoms. The largest absolute Gasteiger partial charge is 0.279 e. The Balaban J connectivity index is 1.87. The van der Waals surface area contributed by atoms with Gasteiger partial charge in [0, 0.05) is 5.38 Å². The molecule has 0 aliphatic carbocycles. The maximum absolute atomic E-state index is 12.6. The Labute approximate surface area is 150 Å². The van der Waals surface area contributed by atoms with Gasteiger partial charge in [-0.15, -0.1) is 22.7 Å². The molecule has 3 aromatic rings. The predicted octanol–water partition coefficient (Wildman–Crippen LogP) is 4.85. The molecule has 0 spiro atoms. The number of nitrogens with one attached hydrogen (secondary N) is 1. The lowest BCUT2D eigenvalue weighted by Gasteiger charge is -2.09. The smallest absolute Gasteiger partial charge is 0.271 e. The molecule has 0 bridgehead atoms. The number of hydrogen-bond acceptors (Lipinski definition) is 5. The number of nitrogens with zero attached hydrogens (tertiary/aromatic N) is 1. The standard InChI is InChI=1S/C17H18N2O2S3/c1-4-13-10-22-17(18-13)15-7-8-16(23-15)24(20,21)19-14-6-5-11(2)9-12(14)3/h5-10,19H,4H2,1-3H3. The lowest BCUT2D eigenvalue weighted by Crippen LogP contribution is -2.12. The van der Waals surface area contributed by atoms with Crippen LogP contribution in [0.25, 0.3) is 9.88 Å². The van der Waals surface area contributed by atoms with E-state index in [0.29, 0.717) is 9.90 Å². The molecule has 0 saturated carbocycles. The summed E-state index contributed by atoms with van der Waals surface area (Å²) in [6, 6.07) is 9.11. The average molecular weight is 379 g/mol. The van der Waals surface area contributed by atoms with Crippen LogP contribution in [0, 0.1) is 13.8 Å². The molecule has 0 atom stereocenters. The molecule has 1 aromatic carbocycles. The van der Waals surface area contributed by atoms with E-state index in [0.717, 1.165) is 33.1 Å². The van der Waals surface area contributed by atoms with Crippen LogP contribution < -0.4 is 4.72 Å². The fraction of sp³-hybridized carbons (Fsp3) is 0.235. The molecule has 0 aliphatic heterocycles. The van der Waals surface area contributed by atoms with Crippen molar-refractivity contribution in [3.8, 4) is 9.88 Å². The van der Waals surface area contributed by atoms with E-state index in [1.54, 1.807) is 23.5 Å². The molecule has 2 aromatic heterocycles. The van der Waals surface area contributed by atoms with Crippen molar-refractivity contribution in [3.05, 3.63) is 52.5 Å².